The fourth-order valence-corrected chi connectivity index (χ4v) is 2.68. The minimum Gasteiger partial charge on any atom is -0.496 e. The van der Waals surface area contributed by atoms with Gasteiger partial charge in [0.15, 0.2) is 0 Å². The number of methoxy groups -OCH3 is 2. The average molecular weight is 288 g/mol. The third-order valence-electron chi connectivity index (χ3n) is 3.70. The van der Waals surface area contributed by atoms with Crippen LogP contribution < -0.4 is 9.47 Å². The largest absolute Gasteiger partial charge is 0.496 e. The molecule has 0 unspecified atom stereocenters. The van der Waals surface area contributed by atoms with Crippen molar-refractivity contribution in [3.8, 4) is 11.5 Å². The lowest BCUT2D eigenvalue weighted by molar-refractivity contribution is -0.138. The Kier molecular flexibility index (Phi) is 4.07. The normalized spacial score (nSPS) is 11.4. The molecule has 0 amide bonds. The lowest BCUT2D eigenvalue weighted by atomic mass is 9.80. The summed E-state index contributed by atoms with van der Waals surface area (Å²) in [6.07, 6.45) is 0.0187. The number of carboxylic acid groups (broad SMARTS) is 1. The van der Waals surface area contributed by atoms with Gasteiger partial charge in [-0.05, 0) is 6.07 Å². The van der Waals surface area contributed by atoms with Gasteiger partial charge >= 0.3 is 5.97 Å². The molecule has 0 fully saturated rings. The predicted molar refractivity (Wildman–Crippen MR) is 82.3 cm³/mol. The number of carboxylic acids is 1. The van der Waals surface area contributed by atoms with Crippen LogP contribution in [0.1, 0.15) is 25.8 Å². The molecule has 4 nitrogen and oxygen atoms in total. The van der Waals surface area contributed by atoms with Gasteiger partial charge in [0.05, 0.1) is 20.6 Å². The molecule has 0 aromatic heterocycles. The van der Waals surface area contributed by atoms with Crippen LogP contribution in [-0.2, 0) is 10.2 Å². The predicted octanol–water partition coefficient (Wildman–Crippen LogP) is 3.61. The second-order valence-corrected chi connectivity index (χ2v) is 5.66. The van der Waals surface area contributed by atoms with Crippen LogP contribution >= 0.6 is 0 Å². The molecular formula is C17H20O4. The van der Waals surface area contributed by atoms with E-state index in [0.717, 1.165) is 22.1 Å². The zero-order chi connectivity index (χ0) is 15.6. The zero-order valence-corrected chi connectivity index (χ0v) is 12.8. The van der Waals surface area contributed by atoms with E-state index < -0.39 is 11.4 Å². The Morgan fingerprint density at radius 3 is 2.29 bits per heavy atom. The number of benzene rings is 2. The van der Waals surface area contributed by atoms with Crippen LogP contribution in [0.5, 0.6) is 11.5 Å². The summed E-state index contributed by atoms with van der Waals surface area (Å²) in [5.74, 6) is 0.590. The first-order valence-electron chi connectivity index (χ1n) is 6.76. The van der Waals surface area contributed by atoms with Crippen molar-refractivity contribution in [2.45, 2.75) is 25.7 Å². The van der Waals surface area contributed by atoms with Crippen molar-refractivity contribution < 1.29 is 19.4 Å². The van der Waals surface area contributed by atoms with Crippen molar-refractivity contribution in [2.75, 3.05) is 14.2 Å². The number of fused-ring (bicyclic) bond motifs is 1. The van der Waals surface area contributed by atoms with Crippen LogP contribution in [0.4, 0.5) is 0 Å². The maximum absolute atomic E-state index is 11.1. The van der Waals surface area contributed by atoms with Crippen molar-refractivity contribution in [1.29, 1.82) is 0 Å². The highest BCUT2D eigenvalue weighted by molar-refractivity contribution is 5.95. The van der Waals surface area contributed by atoms with E-state index in [2.05, 4.69) is 0 Å². The van der Waals surface area contributed by atoms with Gasteiger partial charge in [0.2, 0.25) is 0 Å². The molecule has 2 aromatic rings. The van der Waals surface area contributed by atoms with Gasteiger partial charge in [-0.3, -0.25) is 4.79 Å². The number of aliphatic carboxylic acids is 1. The molecule has 4 heteroatoms. The molecule has 112 valence electrons. The highest BCUT2D eigenvalue weighted by Gasteiger charge is 2.29. The molecule has 2 rings (SSSR count). The van der Waals surface area contributed by atoms with Crippen LogP contribution in [0.25, 0.3) is 10.8 Å². The Labute approximate surface area is 124 Å². The zero-order valence-electron chi connectivity index (χ0n) is 12.8. The van der Waals surface area contributed by atoms with Gasteiger partial charge in [-0.15, -0.1) is 0 Å². The van der Waals surface area contributed by atoms with E-state index in [4.69, 9.17) is 14.6 Å². The monoisotopic (exact) mass is 288 g/mol. The molecule has 0 bridgehead atoms. The van der Waals surface area contributed by atoms with Gasteiger partial charge in [0.1, 0.15) is 11.5 Å². The molecule has 0 heterocycles. The molecule has 0 saturated heterocycles. The lowest BCUT2D eigenvalue weighted by Gasteiger charge is -2.27. The maximum atomic E-state index is 11.1. The number of rotatable bonds is 5. The molecule has 0 aliphatic rings. The number of ether oxygens (including phenoxy) is 2. The molecule has 0 atom stereocenters. The molecule has 21 heavy (non-hydrogen) atoms. The van der Waals surface area contributed by atoms with E-state index in [-0.39, 0.29) is 6.42 Å². The second kappa shape index (κ2) is 5.64. The molecule has 0 spiro atoms. The van der Waals surface area contributed by atoms with Crippen molar-refractivity contribution >= 4 is 16.7 Å². The first-order chi connectivity index (χ1) is 9.90. The van der Waals surface area contributed by atoms with Gasteiger partial charge in [-0.2, -0.15) is 0 Å². The van der Waals surface area contributed by atoms with Crippen molar-refractivity contribution in [3.63, 3.8) is 0 Å². The van der Waals surface area contributed by atoms with E-state index in [1.807, 2.05) is 44.2 Å². The van der Waals surface area contributed by atoms with E-state index in [1.165, 1.54) is 0 Å². The molecule has 0 saturated carbocycles. The Hall–Kier alpha value is -2.23. The fourth-order valence-electron chi connectivity index (χ4n) is 2.68. The van der Waals surface area contributed by atoms with Crippen LogP contribution in [0.3, 0.4) is 0 Å². The Balaban J connectivity index is 2.76. The third kappa shape index (κ3) is 2.79. The summed E-state index contributed by atoms with van der Waals surface area (Å²) in [6.45, 7) is 3.79. The van der Waals surface area contributed by atoms with Gasteiger partial charge in [0, 0.05) is 21.8 Å². The van der Waals surface area contributed by atoms with Crippen LogP contribution in [0.15, 0.2) is 30.3 Å². The first kappa shape index (κ1) is 15.2. The summed E-state index contributed by atoms with van der Waals surface area (Å²) in [5, 5.41) is 11.0. The summed E-state index contributed by atoms with van der Waals surface area (Å²) < 4.78 is 11.0. The van der Waals surface area contributed by atoms with E-state index >= 15 is 0 Å². The molecule has 0 aliphatic heterocycles. The van der Waals surface area contributed by atoms with Crippen molar-refractivity contribution in [2.24, 2.45) is 0 Å². The minimum absolute atomic E-state index is 0.0187. The minimum atomic E-state index is -0.839. The molecular weight excluding hydrogens is 268 g/mol. The summed E-state index contributed by atoms with van der Waals surface area (Å²) in [5.41, 5.74) is 0.275. The summed E-state index contributed by atoms with van der Waals surface area (Å²) >= 11 is 0. The van der Waals surface area contributed by atoms with Crippen LogP contribution in [0.2, 0.25) is 0 Å². The maximum Gasteiger partial charge on any atom is 0.304 e. The van der Waals surface area contributed by atoms with Crippen molar-refractivity contribution in [3.05, 3.63) is 35.9 Å². The van der Waals surface area contributed by atoms with Gasteiger partial charge in [-0.25, -0.2) is 0 Å². The number of hydrogen-bond donors (Lipinski definition) is 1. The number of hydrogen-bond acceptors (Lipinski definition) is 3. The lowest BCUT2D eigenvalue weighted by Crippen LogP contribution is -2.22. The molecule has 0 radical (unpaired) electrons. The summed E-state index contributed by atoms with van der Waals surface area (Å²) in [7, 11) is 3.22. The van der Waals surface area contributed by atoms with Crippen molar-refractivity contribution in [1.82, 2.24) is 0 Å². The summed E-state index contributed by atoms with van der Waals surface area (Å²) in [4.78, 5) is 11.1. The number of carbonyl (C=O) groups is 1. The molecule has 1 N–H and O–H groups in total. The van der Waals surface area contributed by atoms with Crippen LogP contribution in [0, 0.1) is 0 Å². The highest BCUT2D eigenvalue weighted by Crippen LogP contribution is 2.43. The van der Waals surface area contributed by atoms with E-state index in [1.54, 1.807) is 14.2 Å². The average Bonchev–Trinajstić information content (AvgIpc) is 2.44. The van der Waals surface area contributed by atoms with E-state index in [0.29, 0.717) is 5.75 Å². The van der Waals surface area contributed by atoms with Gasteiger partial charge in [0.25, 0.3) is 0 Å². The SMILES string of the molecule is COc1cc(C(C)(C)CC(=O)O)c(OC)c2ccccc12. The second-order valence-electron chi connectivity index (χ2n) is 5.66. The van der Waals surface area contributed by atoms with E-state index in [9.17, 15) is 4.79 Å². The highest BCUT2D eigenvalue weighted by atomic mass is 16.5. The molecule has 0 aliphatic carbocycles. The Morgan fingerprint density at radius 1 is 1.14 bits per heavy atom. The third-order valence-corrected chi connectivity index (χ3v) is 3.70. The smallest absolute Gasteiger partial charge is 0.304 e. The van der Waals surface area contributed by atoms with Gasteiger partial charge < -0.3 is 14.6 Å². The summed E-state index contributed by atoms with van der Waals surface area (Å²) in [6, 6.07) is 9.66. The fraction of sp³-hybridized carbons (Fsp3) is 0.353. The first-order valence-corrected chi connectivity index (χ1v) is 6.76. The standard InChI is InChI=1S/C17H20O4/c1-17(2,10-15(18)19)13-9-14(20-3)11-7-5-6-8-12(11)16(13)21-4/h5-9H,10H2,1-4H3,(H,18,19). The Bertz CT molecular complexity index is 674. The molecule has 2 aromatic carbocycles. The quantitative estimate of drug-likeness (QED) is 0.913. The van der Waals surface area contributed by atoms with Gasteiger partial charge in [-0.1, -0.05) is 38.1 Å². The Morgan fingerprint density at radius 2 is 1.76 bits per heavy atom. The topological polar surface area (TPSA) is 55.8 Å². The van der Waals surface area contributed by atoms with Crippen LogP contribution in [-0.4, -0.2) is 25.3 Å².